The maximum absolute atomic E-state index is 13.0. The molecule has 0 aromatic heterocycles. The average molecular weight is 355 g/mol. The van der Waals surface area contributed by atoms with Crippen molar-refractivity contribution in [3.63, 3.8) is 0 Å². The molecule has 1 unspecified atom stereocenters. The van der Waals surface area contributed by atoms with E-state index in [0.717, 1.165) is 16.8 Å². The summed E-state index contributed by atoms with van der Waals surface area (Å²) in [6.45, 7) is 3.91. The highest BCUT2D eigenvalue weighted by Gasteiger charge is 2.30. The summed E-state index contributed by atoms with van der Waals surface area (Å²) in [6, 6.07) is 14.2. The summed E-state index contributed by atoms with van der Waals surface area (Å²) in [4.78, 5) is 12.1. The maximum atomic E-state index is 13.0. The number of carbonyl (C=O) groups is 1. The Morgan fingerprint density at radius 1 is 1.16 bits per heavy atom. The summed E-state index contributed by atoms with van der Waals surface area (Å²) in [5.74, 6) is -0.383. The van der Waals surface area contributed by atoms with Gasteiger partial charge in [-0.2, -0.15) is 5.10 Å². The van der Waals surface area contributed by atoms with E-state index in [0.29, 0.717) is 11.6 Å². The summed E-state index contributed by atoms with van der Waals surface area (Å²) in [6.07, 6.45) is 0.524. The lowest BCUT2D eigenvalue weighted by atomic mass is 10.1. The Labute approximate surface area is 150 Å². The highest BCUT2D eigenvalue weighted by Crippen LogP contribution is 2.23. The van der Waals surface area contributed by atoms with Crippen molar-refractivity contribution in [1.29, 1.82) is 0 Å². The van der Waals surface area contributed by atoms with Crippen LogP contribution in [-0.4, -0.2) is 22.0 Å². The molecule has 1 aliphatic heterocycles. The Morgan fingerprint density at radius 2 is 1.84 bits per heavy atom. The molecule has 1 heterocycles. The fourth-order valence-electron chi connectivity index (χ4n) is 2.39. The summed E-state index contributed by atoms with van der Waals surface area (Å²) in [7, 11) is 0. The molecule has 1 N–H and O–H groups in total. The summed E-state index contributed by atoms with van der Waals surface area (Å²) in [5.41, 5.74) is 3.87. The molecule has 1 aliphatic rings. The Kier molecular flexibility index (Phi) is 5.28. The first-order valence-corrected chi connectivity index (χ1v) is 8.80. The van der Waals surface area contributed by atoms with Gasteiger partial charge in [-0.1, -0.05) is 53.7 Å². The van der Waals surface area contributed by atoms with Crippen LogP contribution in [0.4, 0.5) is 4.39 Å². The predicted molar refractivity (Wildman–Crippen MR) is 100 cm³/mol. The largest absolute Gasteiger partial charge is 0.303 e. The molecular formula is C19H18FN3OS. The minimum Gasteiger partial charge on any atom is -0.303 e. The molecular weight excluding hydrogens is 337 g/mol. The Balaban J connectivity index is 1.66. The number of carbonyl (C=O) groups excluding carboxylic acids is 1. The molecule has 3 rings (SSSR count). The third-order valence-electron chi connectivity index (χ3n) is 3.87. The van der Waals surface area contributed by atoms with Crippen molar-refractivity contribution in [2.45, 2.75) is 25.5 Å². The highest BCUT2D eigenvalue weighted by molar-refractivity contribution is 8.15. The molecule has 1 fully saturated rings. The number of nitrogens with one attached hydrogen (secondary N) is 1. The van der Waals surface area contributed by atoms with E-state index in [9.17, 15) is 9.18 Å². The number of hydrogen-bond acceptors (Lipinski definition) is 4. The lowest BCUT2D eigenvalue weighted by Crippen LogP contribution is -2.26. The van der Waals surface area contributed by atoms with Crippen LogP contribution >= 0.6 is 11.8 Å². The molecule has 4 nitrogen and oxygen atoms in total. The maximum Gasteiger partial charge on any atom is 0.239 e. The van der Waals surface area contributed by atoms with Gasteiger partial charge in [0.2, 0.25) is 5.91 Å². The molecule has 2 aromatic carbocycles. The molecule has 2 aromatic rings. The molecule has 0 saturated carbocycles. The van der Waals surface area contributed by atoms with Crippen LogP contribution in [0.1, 0.15) is 23.6 Å². The second-order valence-electron chi connectivity index (χ2n) is 5.88. The molecule has 1 atom stereocenters. The van der Waals surface area contributed by atoms with Crippen LogP contribution in [0, 0.1) is 12.7 Å². The lowest BCUT2D eigenvalue weighted by Gasteiger charge is -2.04. The predicted octanol–water partition coefficient (Wildman–Crippen LogP) is 3.69. The third-order valence-corrected chi connectivity index (χ3v) is 4.94. The van der Waals surface area contributed by atoms with Crippen LogP contribution in [0.2, 0.25) is 0 Å². The number of hydrogen-bond donors (Lipinski definition) is 1. The van der Waals surface area contributed by atoms with E-state index >= 15 is 0 Å². The average Bonchev–Trinajstić information content (AvgIpc) is 2.95. The molecule has 1 saturated heterocycles. The van der Waals surface area contributed by atoms with Crippen LogP contribution in [-0.2, 0) is 11.2 Å². The van der Waals surface area contributed by atoms with Gasteiger partial charge in [0, 0.05) is 0 Å². The van der Waals surface area contributed by atoms with Crippen molar-refractivity contribution < 1.29 is 9.18 Å². The molecule has 0 spiro atoms. The fourth-order valence-corrected chi connectivity index (χ4v) is 3.35. The van der Waals surface area contributed by atoms with Crippen molar-refractivity contribution in [2.24, 2.45) is 10.2 Å². The normalized spacial score (nSPS) is 19.3. The summed E-state index contributed by atoms with van der Waals surface area (Å²) >= 11 is 1.35. The minimum atomic E-state index is -0.282. The first-order chi connectivity index (χ1) is 12.0. The van der Waals surface area contributed by atoms with Gasteiger partial charge in [-0.15, -0.1) is 5.10 Å². The smallest absolute Gasteiger partial charge is 0.239 e. The molecule has 0 bridgehead atoms. The van der Waals surface area contributed by atoms with Gasteiger partial charge < -0.3 is 5.32 Å². The first-order valence-electron chi connectivity index (χ1n) is 7.92. The van der Waals surface area contributed by atoms with Crippen LogP contribution in [0.25, 0.3) is 0 Å². The number of thioether (sulfide) groups is 1. The zero-order chi connectivity index (χ0) is 17.8. The third kappa shape index (κ3) is 4.54. The Bertz CT molecular complexity index is 829. The van der Waals surface area contributed by atoms with E-state index in [1.807, 2.05) is 38.1 Å². The van der Waals surface area contributed by atoms with Gasteiger partial charge in [0.05, 0.1) is 11.0 Å². The first kappa shape index (κ1) is 17.4. The highest BCUT2D eigenvalue weighted by atomic mass is 32.2. The van der Waals surface area contributed by atoms with Gasteiger partial charge in [0.1, 0.15) is 5.82 Å². The number of aryl methyl sites for hydroxylation is 1. The van der Waals surface area contributed by atoms with Crippen LogP contribution in [0.5, 0.6) is 0 Å². The topological polar surface area (TPSA) is 53.8 Å². The molecule has 6 heteroatoms. The number of benzene rings is 2. The number of amidine groups is 1. The van der Waals surface area contributed by atoms with Crippen molar-refractivity contribution in [3.05, 3.63) is 71.0 Å². The van der Waals surface area contributed by atoms with Crippen molar-refractivity contribution in [3.8, 4) is 0 Å². The second-order valence-corrected chi connectivity index (χ2v) is 7.07. The van der Waals surface area contributed by atoms with E-state index in [4.69, 9.17) is 0 Å². The van der Waals surface area contributed by atoms with Gasteiger partial charge in [0.15, 0.2) is 5.17 Å². The quantitative estimate of drug-likeness (QED) is 0.672. The van der Waals surface area contributed by atoms with Crippen molar-refractivity contribution >= 4 is 28.5 Å². The number of nitrogens with zero attached hydrogens (tertiary/aromatic N) is 2. The minimum absolute atomic E-state index is 0.101. The Morgan fingerprint density at radius 3 is 2.52 bits per heavy atom. The monoisotopic (exact) mass is 355 g/mol. The van der Waals surface area contributed by atoms with Gasteiger partial charge in [-0.05, 0) is 43.5 Å². The fraction of sp³-hybridized carbons (Fsp3) is 0.211. The summed E-state index contributed by atoms with van der Waals surface area (Å²) in [5, 5.41) is 11.3. The molecule has 25 heavy (non-hydrogen) atoms. The van der Waals surface area contributed by atoms with Gasteiger partial charge in [-0.25, -0.2) is 4.39 Å². The van der Waals surface area contributed by atoms with Gasteiger partial charge in [0.25, 0.3) is 0 Å². The van der Waals surface area contributed by atoms with E-state index in [1.165, 1.54) is 29.5 Å². The zero-order valence-corrected chi connectivity index (χ0v) is 14.8. The van der Waals surface area contributed by atoms with Crippen LogP contribution < -0.4 is 5.32 Å². The van der Waals surface area contributed by atoms with E-state index in [2.05, 4.69) is 15.5 Å². The van der Waals surface area contributed by atoms with Crippen molar-refractivity contribution in [1.82, 2.24) is 5.32 Å². The molecule has 1 amide bonds. The number of rotatable bonds is 4. The number of amides is 1. The molecule has 128 valence electrons. The summed E-state index contributed by atoms with van der Waals surface area (Å²) < 4.78 is 13.0. The van der Waals surface area contributed by atoms with Crippen molar-refractivity contribution in [2.75, 3.05) is 0 Å². The lowest BCUT2D eigenvalue weighted by molar-refractivity contribution is -0.118. The van der Waals surface area contributed by atoms with Crippen LogP contribution in [0.3, 0.4) is 0 Å². The van der Waals surface area contributed by atoms with Crippen LogP contribution in [0.15, 0.2) is 58.7 Å². The SMILES string of the molecule is CC(=N/N=C1\NC(=O)C(Cc2ccc(F)cc2)S1)c1ccc(C)cc1. The van der Waals surface area contributed by atoms with E-state index in [1.54, 1.807) is 12.1 Å². The van der Waals surface area contributed by atoms with E-state index in [-0.39, 0.29) is 17.0 Å². The Hall–Kier alpha value is -2.47. The standard InChI is InChI=1S/C19H18FN3OS/c1-12-3-7-15(8-4-12)13(2)22-23-19-21-18(24)17(25-19)11-14-5-9-16(20)10-6-14/h3-10,17H,11H2,1-2H3,(H,21,23,24). The second kappa shape index (κ2) is 7.61. The zero-order valence-electron chi connectivity index (χ0n) is 14.0. The van der Waals surface area contributed by atoms with Gasteiger partial charge >= 0.3 is 0 Å². The molecule has 0 aliphatic carbocycles. The van der Waals surface area contributed by atoms with E-state index < -0.39 is 0 Å². The van der Waals surface area contributed by atoms with Gasteiger partial charge in [-0.3, -0.25) is 4.79 Å². The molecule has 0 radical (unpaired) electrons. The number of halogens is 1.